The van der Waals surface area contributed by atoms with Gasteiger partial charge in [-0.1, -0.05) is 12.1 Å². The zero-order chi connectivity index (χ0) is 22.3. The maximum absolute atomic E-state index is 13.2. The Kier molecular flexibility index (Phi) is 7.97. The molecular weight excluding hydrogens is 389 g/mol. The van der Waals surface area contributed by atoms with Crippen molar-refractivity contribution < 1.29 is 23.5 Å². The van der Waals surface area contributed by atoms with Crippen LogP contribution in [-0.2, 0) is 15.9 Å². The van der Waals surface area contributed by atoms with Crippen molar-refractivity contribution in [1.82, 2.24) is 15.1 Å². The van der Waals surface area contributed by atoms with Crippen molar-refractivity contribution in [3.63, 3.8) is 0 Å². The molecule has 0 radical (unpaired) electrons. The van der Waals surface area contributed by atoms with Gasteiger partial charge in [-0.2, -0.15) is 5.10 Å². The summed E-state index contributed by atoms with van der Waals surface area (Å²) in [4.78, 5) is 24.1. The highest BCUT2D eigenvalue weighted by Crippen LogP contribution is 2.19. The molecule has 2 aromatic rings. The van der Waals surface area contributed by atoms with Crippen LogP contribution in [0.2, 0.25) is 0 Å². The second-order valence-corrected chi connectivity index (χ2v) is 8.07. The molecule has 0 saturated carbocycles. The molecule has 8 heteroatoms. The fraction of sp³-hybridized carbons (Fsp3) is 0.500. The number of halogens is 1. The van der Waals surface area contributed by atoms with E-state index in [2.05, 4.69) is 10.4 Å². The van der Waals surface area contributed by atoms with E-state index < -0.39 is 17.7 Å². The van der Waals surface area contributed by atoms with Crippen LogP contribution in [0.15, 0.2) is 30.5 Å². The Morgan fingerprint density at radius 1 is 1.23 bits per heavy atom. The highest BCUT2D eigenvalue weighted by atomic mass is 19.1. The predicted octanol–water partition coefficient (Wildman–Crippen LogP) is 4.27. The van der Waals surface area contributed by atoms with Gasteiger partial charge in [-0.3, -0.25) is 4.68 Å². The Bertz CT molecular complexity index is 856. The monoisotopic (exact) mass is 419 g/mol. The van der Waals surface area contributed by atoms with E-state index in [-0.39, 0.29) is 24.2 Å². The van der Waals surface area contributed by atoms with E-state index in [0.29, 0.717) is 24.9 Å². The molecule has 0 bridgehead atoms. The molecule has 164 valence electrons. The zero-order valence-electron chi connectivity index (χ0n) is 18.2. The fourth-order valence-electron chi connectivity index (χ4n) is 2.81. The van der Waals surface area contributed by atoms with Gasteiger partial charge in [-0.15, -0.1) is 0 Å². The van der Waals surface area contributed by atoms with Gasteiger partial charge in [0, 0.05) is 24.7 Å². The third kappa shape index (κ3) is 7.17. The summed E-state index contributed by atoms with van der Waals surface area (Å²) in [6.07, 6.45) is 2.35. The Hall–Kier alpha value is -2.90. The molecule has 0 aliphatic rings. The largest absolute Gasteiger partial charge is 0.461 e. The number of nitrogens with zero attached hydrogens (tertiary/aromatic N) is 2. The topological polar surface area (TPSA) is 82.5 Å². The molecular formula is C22H30FN3O4. The number of aromatic nitrogens is 2. The number of carbonyl (C=O) groups excluding carboxylic acids is 2. The summed E-state index contributed by atoms with van der Waals surface area (Å²) in [6.45, 7) is 9.74. The van der Waals surface area contributed by atoms with E-state index in [4.69, 9.17) is 9.47 Å². The van der Waals surface area contributed by atoms with Crippen molar-refractivity contribution in [2.75, 3.05) is 13.2 Å². The molecule has 2 rings (SSSR count). The lowest BCUT2D eigenvalue weighted by Crippen LogP contribution is -2.33. The molecule has 1 N–H and O–H groups in total. The minimum atomic E-state index is -0.554. The Balaban J connectivity index is 2.08. The summed E-state index contributed by atoms with van der Waals surface area (Å²) >= 11 is 0. The van der Waals surface area contributed by atoms with Crippen LogP contribution in [0.25, 0.3) is 0 Å². The lowest BCUT2D eigenvalue weighted by molar-refractivity contribution is 0.0512. The molecule has 1 aromatic carbocycles. The molecule has 1 aromatic heterocycles. The minimum absolute atomic E-state index is 0.0740. The average molecular weight is 419 g/mol. The highest BCUT2D eigenvalue weighted by Gasteiger charge is 2.21. The van der Waals surface area contributed by atoms with Gasteiger partial charge in [0.15, 0.2) is 5.69 Å². The SMILES string of the molecule is CCOC(=O)c1nn(C(C)CCNC(=O)OC(C)(C)C)cc1Cc1ccc(F)cc1. The Labute approximate surface area is 176 Å². The second-order valence-electron chi connectivity index (χ2n) is 8.07. The Morgan fingerprint density at radius 2 is 1.90 bits per heavy atom. The van der Waals surface area contributed by atoms with E-state index in [1.165, 1.54) is 12.1 Å². The first-order chi connectivity index (χ1) is 14.1. The molecule has 0 spiro atoms. The molecule has 1 heterocycles. The summed E-state index contributed by atoms with van der Waals surface area (Å²) in [5, 5.41) is 7.14. The number of ether oxygens (including phenoxy) is 2. The molecule has 7 nitrogen and oxygen atoms in total. The van der Waals surface area contributed by atoms with Crippen molar-refractivity contribution >= 4 is 12.1 Å². The average Bonchev–Trinajstić information content (AvgIpc) is 3.06. The lowest BCUT2D eigenvalue weighted by Gasteiger charge is -2.20. The number of hydrogen-bond acceptors (Lipinski definition) is 5. The van der Waals surface area contributed by atoms with Crippen molar-refractivity contribution in [1.29, 1.82) is 0 Å². The maximum Gasteiger partial charge on any atom is 0.407 e. The van der Waals surface area contributed by atoms with Gasteiger partial charge in [0.2, 0.25) is 0 Å². The van der Waals surface area contributed by atoms with Gasteiger partial charge in [-0.05, 0) is 58.7 Å². The van der Waals surface area contributed by atoms with Crippen LogP contribution < -0.4 is 5.32 Å². The van der Waals surface area contributed by atoms with Gasteiger partial charge < -0.3 is 14.8 Å². The van der Waals surface area contributed by atoms with Gasteiger partial charge in [-0.25, -0.2) is 14.0 Å². The van der Waals surface area contributed by atoms with Gasteiger partial charge in [0.1, 0.15) is 11.4 Å². The fourth-order valence-corrected chi connectivity index (χ4v) is 2.81. The van der Waals surface area contributed by atoms with Crippen molar-refractivity contribution in [3.05, 3.63) is 53.1 Å². The first kappa shape index (κ1) is 23.4. The third-order valence-electron chi connectivity index (χ3n) is 4.27. The molecule has 0 saturated heterocycles. The van der Waals surface area contributed by atoms with E-state index in [0.717, 1.165) is 5.56 Å². The zero-order valence-corrected chi connectivity index (χ0v) is 18.2. The molecule has 0 fully saturated rings. The van der Waals surface area contributed by atoms with Gasteiger partial charge in [0.05, 0.1) is 12.6 Å². The van der Waals surface area contributed by atoms with Crippen LogP contribution in [-0.4, -0.2) is 40.6 Å². The van der Waals surface area contributed by atoms with Crippen molar-refractivity contribution in [2.24, 2.45) is 0 Å². The number of nitrogens with one attached hydrogen (secondary N) is 1. The van der Waals surface area contributed by atoms with Crippen LogP contribution in [0.5, 0.6) is 0 Å². The van der Waals surface area contributed by atoms with Crippen molar-refractivity contribution in [2.45, 2.75) is 59.1 Å². The quantitative estimate of drug-likeness (QED) is 0.647. The molecule has 0 aliphatic carbocycles. The second kappa shape index (κ2) is 10.2. The maximum atomic E-state index is 13.2. The molecule has 1 atom stereocenters. The van der Waals surface area contributed by atoms with Gasteiger partial charge >= 0.3 is 12.1 Å². The smallest absolute Gasteiger partial charge is 0.407 e. The number of hydrogen-bond donors (Lipinski definition) is 1. The summed E-state index contributed by atoms with van der Waals surface area (Å²) in [7, 11) is 0. The molecule has 0 aliphatic heterocycles. The van der Waals surface area contributed by atoms with Crippen LogP contribution in [0, 0.1) is 5.82 Å². The normalized spacial score (nSPS) is 12.3. The summed E-state index contributed by atoms with van der Waals surface area (Å²) in [5.74, 6) is -0.807. The molecule has 1 unspecified atom stereocenters. The molecule has 30 heavy (non-hydrogen) atoms. The van der Waals surface area contributed by atoms with E-state index >= 15 is 0 Å². The minimum Gasteiger partial charge on any atom is -0.461 e. The van der Waals surface area contributed by atoms with E-state index in [9.17, 15) is 14.0 Å². The van der Waals surface area contributed by atoms with Crippen LogP contribution >= 0.6 is 0 Å². The van der Waals surface area contributed by atoms with Crippen molar-refractivity contribution in [3.8, 4) is 0 Å². The number of carbonyl (C=O) groups is 2. The number of benzene rings is 1. The molecule has 1 amide bonds. The third-order valence-corrected chi connectivity index (χ3v) is 4.27. The van der Waals surface area contributed by atoms with Crippen LogP contribution in [0.4, 0.5) is 9.18 Å². The summed E-state index contributed by atoms with van der Waals surface area (Å²) < 4.78 is 25.2. The number of alkyl carbamates (subject to hydrolysis) is 1. The van der Waals surface area contributed by atoms with Crippen LogP contribution in [0.1, 0.15) is 68.7 Å². The number of rotatable bonds is 8. The first-order valence-corrected chi connectivity index (χ1v) is 10.1. The number of amides is 1. The van der Waals surface area contributed by atoms with E-state index in [1.54, 1.807) is 50.7 Å². The number of esters is 1. The van der Waals surface area contributed by atoms with Crippen LogP contribution in [0.3, 0.4) is 0 Å². The summed E-state index contributed by atoms with van der Waals surface area (Å²) in [5.41, 5.74) is 1.25. The first-order valence-electron chi connectivity index (χ1n) is 10.1. The highest BCUT2D eigenvalue weighted by molar-refractivity contribution is 5.89. The summed E-state index contributed by atoms with van der Waals surface area (Å²) in [6, 6.07) is 6.05. The Morgan fingerprint density at radius 3 is 2.50 bits per heavy atom. The standard InChI is InChI=1S/C22H30FN3O4/c1-6-29-20(27)19-17(13-16-7-9-18(23)10-8-16)14-26(25-19)15(2)11-12-24-21(28)30-22(3,4)5/h7-10,14-15H,6,11-13H2,1-5H3,(H,24,28). The lowest BCUT2D eigenvalue weighted by atomic mass is 10.1. The van der Waals surface area contributed by atoms with E-state index in [1.807, 2.05) is 6.92 Å². The van der Waals surface area contributed by atoms with Gasteiger partial charge in [0.25, 0.3) is 0 Å². The predicted molar refractivity (Wildman–Crippen MR) is 111 cm³/mol.